The molecule has 1 amide bonds. The second-order valence-corrected chi connectivity index (χ2v) is 7.77. The summed E-state index contributed by atoms with van der Waals surface area (Å²) in [4.78, 5) is 11.9. The van der Waals surface area contributed by atoms with Gasteiger partial charge in [0.15, 0.2) is 11.5 Å². The van der Waals surface area contributed by atoms with E-state index in [0.29, 0.717) is 23.1 Å². The van der Waals surface area contributed by atoms with Crippen molar-refractivity contribution >= 4 is 27.5 Å². The van der Waals surface area contributed by atoms with Gasteiger partial charge in [-0.05, 0) is 29.8 Å². The minimum atomic E-state index is -3.77. The fourth-order valence-corrected chi connectivity index (χ4v) is 3.56. The highest BCUT2D eigenvalue weighted by atomic mass is 35.5. The van der Waals surface area contributed by atoms with Crippen molar-refractivity contribution in [3.63, 3.8) is 0 Å². The number of rotatable bonds is 9. The van der Waals surface area contributed by atoms with Gasteiger partial charge in [-0.15, -0.1) is 0 Å². The maximum atomic E-state index is 12.3. The topological polar surface area (TPSA) is 93.7 Å². The molecule has 0 aliphatic rings. The van der Waals surface area contributed by atoms with Crippen LogP contribution in [0.5, 0.6) is 11.5 Å². The number of ether oxygens (including phenoxy) is 2. The molecule has 0 bridgehead atoms. The fraction of sp³-hybridized carbons (Fsp3) is 0.278. The molecule has 0 heterocycles. The standard InChI is InChI=1S/C18H21ClN2O5S/c1-25-16-7-6-15(11-17(16)26-2)27(23,24)21-9-8-18(22)20-12-13-4-3-5-14(19)10-13/h3-7,10-11,21H,8-9,12H2,1-2H3,(H,20,22). The van der Waals surface area contributed by atoms with E-state index in [9.17, 15) is 13.2 Å². The molecule has 0 aliphatic carbocycles. The van der Waals surface area contributed by atoms with E-state index in [-0.39, 0.29) is 23.8 Å². The van der Waals surface area contributed by atoms with Gasteiger partial charge < -0.3 is 14.8 Å². The normalized spacial score (nSPS) is 11.1. The van der Waals surface area contributed by atoms with Crippen LogP contribution in [-0.2, 0) is 21.4 Å². The van der Waals surface area contributed by atoms with Crippen LogP contribution in [0.25, 0.3) is 0 Å². The molecule has 0 saturated carbocycles. The summed E-state index contributed by atoms with van der Waals surface area (Å²) in [5, 5.41) is 3.30. The lowest BCUT2D eigenvalue weighted by Crippen LogP contribution is -2.30. The largest absolute Gasteiger partial charge is 0.493 e. The van der Waals surface area contributed by atoms with E-state index in [2.05, 4.69) is 10.0 Å². The first-order valence-electron chi connectivity index (χ1n) is 8.08. The number of benzene rings is 2. The number of hydrogen-bond acceptors (Lipinski definition) is 5. The summed E-state index contributed by atoms with van der Waals surface area (Å²) in [6.45, 7) is 0.292. The van der Waals surface area contributed by atoms with Gasteiger partial charge in [-0.3, -0.25) is 4.79 Å². The number of sulfonamides is 1. The fourth-order valence-electron chi connectivity index (χ4n) is 2.30. The Morgan fingerprint density at radius 3 is 2.48 bits per heavy atom. The Kier molecular flexibility index (Phi) is 7.46. The molecule has 0 aromatic heterocycles. The van der Waals surface area contributed by atoms with E-state index in [4.69, 9.17) is 21.1 Å². The van der Waals surface area contributed by atoms with Crippen LogP contribution in [0.15, 0.2) is 47.4 Å². The summed E-state index contributed by atoms with van der Waals surface area (Å²) in [5.74, 6) is 0.460. The molecule has 0 atom stereocenters. The molecule has 27 heavy (non-hydrogen) atoms. The predicted octanol–water partition coefficient (Wildman–Crippen LogP) is 2.34. The van der Waals surface area contributed by atoms with Crippen molar-refractivity contribution in [2.45, 2.75) is 17.9 Å². The third kappa shape index (κ3) is 6.13. The maximum Gasteiger partial charge on any atom is 0.240 e. The quantitative estimate of drug-likeness (QED) is 0.659. The summed E-state index contributed by atoms with van der Waals surface area (Å²) in [7, 11) is -0.882. The highest BCUT2D eigenvalue weighted by Gasteiger charge is 2.17. The van der Waals surface area contributed by atoms with E-state index in [1.165, 1.54) is 32.4 Å². The molecule has 0 saturated heterocycles. The molecule has 0 unspecified atom stereocenters. The van der Waals surface area contributed by atoms with Crippen molar-refractivity contribution < 1.29 is 22.7 Å². The number of amides is 1. The van der Waals surface area contributed by atoms with Crippen LogP contribution >= 0.6 is 11.6 Å². The second kappa shape index (κ2) is 9.59. The smallest absolute Gasteiger partial charge is 0.240 e. The first kappa shape index (κ1) is 21.0. The summed E-state index contributed by atoms with van der Waals surface area (Å²) in [6.07, 6.45) is 0.00703. The van der Waals surface area contributed by atoms with Crippen LogP contribution in [0, 0.1) is 0 Å². The van der Waals surface area contributed by atoms with E-state index < -0.39 is 10.0 Å². The maximum absolute atomic E-state index is 12.3. The molecular formula is C18H21ClN2O5S. The molecule has 2 aromatic carbocycles. The van der Waals surface area contributed by atoms with Gasteiger partial charge in [-0.25, -0.2) is 13.1 Å². The third-order valence-electron chi connectivity index (χ3n) is 3.69. The Hall–Kier alpha value is -2.29. The zero-order valence-electron chi connectivity index (χ0n) is 15.0. The van der Waals surface area contributed by atoms with E-state index in [0.717, 1.165) is 5.56 Å². The third-order valence-corrected chi connectivity index (χ3v) is 5.38. The zero-order valence-corrected chi connectivity index (χ0v) is 16.6. The highest BCUT2D eigenvalue weighted by Crippen LogP contribution is 2.29. The van der Waals surface area contributed by atoms with Crippen LogP contribution in [0.1, 0.15) is 12.0 Å². The molecule has 9 heteroatoms. The number of carbonyl (C=O) groups is 1. The number of hydrogen-bond donors (Lipinski definition) is 2. The number of nitrogens with one attached hydrogen (secondary N) is 2. The van der Waals surface area contributed by atoms with Crippen molar-refractivity contribution in [3.8, 4) is 11.5 Å². The molecule has 0 spiro atoms. The van der Waals surface area contributed by atoms with Gasteiger partial charge in [0.25, 0.3) is 0 Å². The lowest BCUT2D eigenvalue weighted by molar-refractivity contribution is -0.121. The lowest BCUT2D eigenvalue weighted by atomic mass is 10.2. The van der Waals surface area contributed by atoms with Crippen LogP contribution in [0.3, 0.4) is 0 Å². The van der Waals surface area contributed by atoms with Gasteiger partial charge in [-0.2, -0.15) is 0 Å². The molecular weight excluding hydrogens is 392 g/mol. The van der Waals surface area contributed by atoms with Crippen molar-refractivity contribution in [2.75, 3.05) is 20.8 Å². The predicted molar refractivity (Wildman–Crippen MR) is 103 cm³/mol. The van der Waals surface area contributed by atoms with E-state index >= 15 is 0 Å². The zero-order chi connectivity index (χ0) is 19.9. The van der Waals surface area contributed by atoms with Crippen LogP contribution in [0.4, 0.5) is 0 Å². The summed E-state index contributed by atoms with van der Waals surface area (Å²) >= 11 is 5.89. The summed E-state index contributed by atoms with van der Waals surface area (Å²) in [6, 6.07) is 11.4. The van der Waals surface area contributed by atoms with Gasteiger partial charge in [-0.1, -0.05) is 23.7 Å². The minimum Gasteiger partial charge on any atom is -0.493 e. The van der Waals surface area contributed by atoms with Gasteiger partial charge >= 0.3 is 0 Å². The van der Waals surface area contributed by atoms with Crippen molar-refractivity contribution in [1.82, 2.24) is 10.0 Å². The Bertz CT molecular complexity index is 902. The first-order valence-corrected chi connectivity index (χ1v) is 9.94. The summed E-state index contributed by atoms with van der Waals surface area (Å²) in [5.41, 5.74) is 0.863. The lowest BCUT2D eigenvalue weighted by Gasteiger charge is -2.11. The van der Waals surface area contributed by atoms with Crippen LogP contribution in [0.2, 0.25) is 5.02 Å². The van der Waals surface area contributed by atoms with Crippen LogP contribution < -0.4 is 19.5 Å². The van der Waals surface area contributed by atoms with Crippen LogP contribution in [-0.4, -0.2) is 35.1 Å². The monoisotopic (exact) mass is 412 g/mol. The van der Waals surface area contributed by atoms with E-state index in [1.54, 1.807) is 18.2 Å². The Labute approximate surface area is 163 Å². The molecule has 146 valence electrons. The molecule has 0 fully saturated rings. The minimum absolute atomic E-state index is 0.00703. The van der Waals surface area contributed by atoms with Gasteiger partial charge in [0.05, 0.1) is 19.1 Å². The van der Waals surface area contributed by atoms with E-state index in [1.807, 2.05) is 6.07 Å². The average Bonchev–Trinajstić information content (AvgIpc) is 2.65. The average molecular weight is 413 g/mol. The molecule has 2 rings (SSSR count). The second-order valence-electron chi connectivity index (χ2n) is 5.57. The van der Waals surface area contributed by atoms with Crippen molar-refractivity contribution in [1.29, 1.82) is 0 Å². The highest BCUT2D eigenvalue weighted by molar-refractivity contribution is 7.89. The molecule has 0 radical (unpaired) electrons. The Morgan fingerprint density at radius 1 is 1.07 bits per heavy atom. The molecule has 0 aliphatic heterocycles. The van der Waals surface area contributed by atoms with Gasteiger partial charge in [0.2, 0.25) is 15.9 Å². The van der Waals surface area contributed by atoms with Gasteiger partial charge in [0, 0.05) is 30.6 Å². The van der Waals surface area contributed by atoms with Crippen molar-refractivity contribution in [2.24, 2.45) is 0 Å². The molecule has 2 N–H and O–H groups in total. The number of halogens is 1. The summed E-state index contributed by atoms with van der Waals surface area (Å²) < 4.78 is 37.3. The number of carbonyl (C=O) groups excluding carboxylic acids is 1. The van der Waals surface area contributed by atoms with Gasteiger partial charge in [0.1, 0.15) is 0 Å². The first-order chi connectivity index (χ1) is 12.9. The molecule has 7 nitrogen and oxygen atoms in total. The van der Waals surface area contributed by atoms with Crippen molar-refractivity contribution in [3.05, 3.63) is 53.1 Å². The Balaban J connectivity index is 1.87. The number of methoxy groups -OCH3 is 2. The molecule has 2 aromatic rings. The SMILES string of the molecule is COc1ccc(S(=O)(=O)NCCC(=O)NCc2cccc(Cl)c2)cc1OC. The Morgan fingerprint density at radius 2 is 1.81 bits per heavy atom.